The molecule has 0 radical (unpaired) electrons. The largest absolute Gasteiger partial charge is 0.606 e. The summed E-state index contributed by atoms with van der Waals surface area (Å²) in [6, 6.07) is 10.3. The highest BCUT2D eigenvalue weighted by molar-refractivity contribution is 7.97. The minimum absolute atomic E-state index is 0.147. The number of nitrogens with two attached hydrogens (primary N) is 1. The van der Waals surface area contributed by atoms with Crippen molar-refractivity contribution in [2.75, 3.05) is 0 Å². The second-order valence-corrected chi connectivity index (χ2v) is 5.46. The Labute approximate surface area is 113 Å². The van der Waals surface area contributed by atoms with Crippen LogP contribution in [0.1, 0.15) is 15.9 Å². The number of carbonyl (C=O) groups is 1. The molecule has 0 fully saturated rings. The molecular weight excluding hydrogens is 260 g/mol. The first-order valence-electron chi connectivity index (χ1n) is 5.66. The maximum atomic E-state index is 12.4. The van der Waals surface area contributed by atoms with Gasteiger partial charge in [0.2, 0.25) is 10.7 Å². The molecule has 5 heteroatoms. The van der Waals surface area contributed by atoms with E-state index >= 15 is 0 Å². The summed E-state index contributed by atoms with van der Waals surface area (Å²) in [6.45, 7) is 0. The molecule has 2 aromatic rings. The van der Waals surface area contributed by atoms with E-state index in [-0.39, 0.29) is 16.4 Å². The van der Waals surface area contributed by atoms with Crippen molar-refractivity contribution in [1.29, 1.82) is 0 Å². The number of carbonyl (C=O) groups excluding carboxylic acids is 1. The molecule has 19 heavy (non-hydrogen) atoms. The second-order valence-electron chi connectivity index (χ2n) is 4.08. The van der Waals surface area contributed by atoms with Gasteiger partial charge in [0, 0.05) is 29.1 Å². The molecule has 2 heterocycles. The molecule has 1 unspecified atom stereocenters. The Kier molecular flexibility index (Phi) is 2.85. The molecule has 0 amide bonds. The summed E-state index contributed by atoms with van der Waals surface area (Å²) >= 11 is -1.52. The predicted molar refractivity (Wildman–Crippen MR) is 72.5 cm³/mol. The molecule has 2 N–H and O–H groups in total. The molecule has 1 aliphatic heterocycles. The highest BCUT2D eigenvalue weighted by Gasteiger charge is 2.41. The Morgan fingerprint density at radius 2 is 2.00 bits per heavy atom. The first-order valence-corrected chi connectivity index (χ1v) is 6.81. The van der Waals surface area contributed by atoms with Gasteiger partial charge in [-0.25, -0.2) is 0 Å². The Hall–Kier alpha value is -2.11. The van der Waals surface area contributed by atoms with Crippen LogP contribution >= 0.6 is 0 Å². The third-order valence-electron chi connectivity index (χ3n) is 2.94. The molecule has 94 valence electrons. The van der Waals surface area contributed by atoms with Crippen molar-refractivity contribution in [3.63, 3.8) is 0 Å². The minimum atomic E-state index is -1.52. The fourth-order valence-electron chi connectivity index (χ4n) is 2.01. The standard InChI is InChI=1S/C14H10N2O2S/c15-12(9-4-3-7-16-8-9)14-13(17)10-5-1-2-6-11(10)19(14)18/h1-8H,15H2. The lowest BCUT2D eigenvalue weighted by Gasteiger charge is -2.07. The van der Waals surface area contributed by atoms with E-state index in [4.69, 9.17) is 5.73 Å². The number of benzene rings is 1. The van der Waals surface area contributed by atoms with Crippen LogP contribution in [-0.4, -0.2) is 15.3 Å². The normalized spacial score (nSPS) is 20.3. The first kappa shape index (κ1) is 12.0. The lowest BCUT2D eigenvalue weighted by molar-refractivity contribution is 0.104. The second kappa shape index (κ2) is 4.53. The van der Waals surface area contributed by atoms with Gasteiger partial charge in [0.15, 0.2) is 4.90 Å². The molecule has 0 aliphatic carbocycles. The van der Waals surface area contributed by atoms with Crippen molar-refractivity contribution < 1.29 is 9.35 Å². The molecule has 0 spiro atoms. The molecule has 1 aromatic carbocycles. The smallest absolute Gasteiger partial charge is 0.248 e. The number of pyridine rings is 1. The van der Waals surface area contributed by atoms with Crippen LogP contribution in [0, 0.1) is 0 Å². The average molecular weight is 270 g/mol. The van der Waals surface area contributed by atoms with Gasteiger partial charge in [0.1, 0.15) is 5.70 Å². The maximum absolute atomic E-state index is 12.4. The van der Waals surface area contributed by atoms with Crippen LogP contribution in [-0.2, 0) is 11.2 Å². The number of hydrogen-bond donors (Lipinski definition) is 1. The van der Waals surface area contributed by atoms with Crippen LogP contribution < -0.4 is 5.73 Å². The Morgan fingerprint density at radius 3 is 2.68 bits per heavy atom. The zero-order valence-corrected chi connectivity index (χ0v) is 10.7. The van der Waals surface area contributed by atoms with Gasteiger partial charge in [-0.2, -0.15) is 0 Å². The van der Waals surface area contributed by atoms with Gasteiger partial charge in [-0.15, -0.1) is 0 Å². The summed E-state index contributed by atoms with van der Waals surface area (Å²) in [5.41, 5.74) is 7.28. The van der Waals surface area contributed by atoms with E-state index < -0.39 is 11.2 Å². The quantitative estimate of drug-likeness (QED) is 0.632. The Bertz CT molecular complexity index is 683. The van der Waals surface area contributed by atoms with Crippen LogP contribution in [0.25, 0.3) is 5.70 Å². The van der Waals surface area contributed by atoms with Gasteiger partial charge in [-0.1, -0.05) is 12.1 Å². The minimum Gasteiger partial charge on any atom is -0.606 e. The van der Waals surface area contributed by atoms with Crippen molar-refractivity contribution in [3.8, 4) is 0 Å². The number of Topliss-reactive ketones (excluding diaryl/α,β-unsaturated/α-hetero) is 1. The zero-order valence-electron chi connectivity index (χ0n) is 9.87. The van der Waals surface area contributed by atoms with Gasteiger partial charge >= 0.3 is 0 Å². The molecule has 1 atom stereocenters. The lowest BCUT2D eigenvalue weighted by atomic mass is 10.1. The summed E-state index contributed by atoms with van der Waals surface area (Å²) in [4.78, 5) is 16.9. The molecule has 0 bridgehead atoms. The van der Waals surface area contributed by atoms with Crippen LogP contribution in [0.2, 0.25) is 0 Å². The molecule has 1 aliphatic rings. The number of ketones is 1. The molecule has 3 rings (SSSR count). The topological polar surface area (TPSA) is 79.0 Å². The fraction of sp³-hybridized carbons (Fsp3) is 0. The number of fused-ring (bicyclic) bond motifs is 1. The maximum Gasteiger partial charge on any atom is 0.248 e. The van der Waals surface area contributed by atoms with Gasteiger partial charge in [0.25, 0.3) is 0 Å². The van der Waals surface area contributed by atoms with Crippen LogP contribution in [0.5, 0.6) is 0 Å². The molecule has 0 saturated carbocycles. The van der Waals surface area contributed by atoms with Gasteiger partial charge < -0.3 is 10.3 Å². The zero-order chi connectivity index (χ0) is 13.4. The van der Waals surface area contributed by atoms with E-state index in [2.05, 4.69) is 4.98 Å². The van der Waals surface area contributed by atoms with E-state index in [0.29, 0.717) is 16.0 Å². The first-order chi connectivity index (χ1) is 9.20. The highest BCUT2D eigenvalue weighted by Crippen LogP contribution is 2.36. The van der Waals surface area contributed by atoms with Gasteiger partial charge in [-0.05, 0) is 24.3 Å². The van der Waals surface area contributed by atoms with Crippen molar-refractivity contribution in [1.82, 2.24) is 4.98 Å². The summed E-state index contributed by atoms with van der Waals surface area (Å²) in [5.74, 6) is -0.268. The summed E-state index contributed by atoms with van der Waals surface area (Å²) in [6.07, 6.45) is 3.17. The van der Waals surface area contributed by atoms with E-state index in [0.717, 1.165) is 0 Å². The molecule has 0 saturated heterocycles. The van der Waals surface area contributed by atoms with E-state index in [9.17, 15) is 9.35 Å². The van der Waals surface area contributed by atoms with Gasteiger partial charge in [0.05, 0.1) is 5.56 Å². The summed E-state index contributed by atoms with van der Waals surface area (Å²) < 4.78 is 12.4. The molecule has 1 aromatic heterocycles. The average Bonchev–Trinajstić information content (AvgIpc) is 2.72. The highest BCUT2D eigenvalue weighted by atomic mass is 32.2. The third-order valence-corrected chi connectivity index (χ3v) is 4.47. The van der Waals surface area contributed by atoms with Crippen molar-refractivity contribution in [3.05, 3.63) is 64.8 Å². The predicted octanol–water partition coefficient (Wildman–Crippen LogP) is 1.71. The number of aromatic nitrogens is 1. The van der Waals surface area contributed by atoms with E-state index in [1.54, 1.807) is 48.8 Å². The van der Waals surface area contributed by atoms with E-state index in [1.807, 2.05) is 0 Å². The number of rotatable bonds is 1. The van der Waals surface area contributed by atoms with E-state index in [1.165, 1.54) is 0 Å². The molecule has 4 nitrogen and oxygen atoms in total. The van der Waals surface area contributed by atoms with Crippen LogP contribution in [0.15, 0.2) is 58.6 Å². The number of hydrogen-bond acceptors (Lipinski definition) is 4. The Balaban J connectivity index is 2.16. The number of nitrogens with zero attached hydrogens (tertiary/aromatic N) is 1. The Morgan fingerprint density at radius 1 is 1.21 bits per heavy atom. The van der Waals surface area contributed by atoms with Gasteiger partial charge in [-0.3, -0.25) is 9.78 Å². The third kappa shape index (κ3) is 1.83. The summed E-state index contributed by atoms with van der Waals surface area (Å²) in [7, 11) is 0. The SMILES string of the molecule is NC(=C1C(=O)c2ccccc2[S+]1[O-])c1cccnc1. The van der Waals surface area contributed by atoms with Crippen LogP contribution in [0.3, 0.4) is 0 Å². The van der Waals surface area contributed by atoms with Crippen LogP contribution in [0.4, 0.5) is 0 Å². The fourth-order valence-corrected chi connectivity index (χ4v) is 3.39. The number of allylic oxidation sites excluding steroid dienone is 1. The molecular formula is C14H10N2O2S. The van der Waals surface area contributed by atoms with Crippen molar-refractivity contribution in [2.24, 2.45) is 5.73 Å². The monoisotopic (exact) mass is 270 g/mol. The summed E-state index contributed by atoms with van der Waals surface area (Å²) in [5, 5.41) is 0. The van der Waals surface area contributed by atoms with Crippen molar-refractivity contribution in [2.45, 2.75) is 4.90 Å². The lowest BCUT2D eigenvalue weighted by Crippen LogP contribution is -2.11. The van der Waals surface area contributed by atoms with Crippen molar-refractivity contribution >= 4 is 22.7 Å².